The first-order chi connectivity index (χ1) is 10.2. The van der Waals surface area contributed by atoms with Gasteiger partial charge in [0.1, 0.15) is 5.82 Å². The van der Waals surface area contributed by atoms with Gasteiger partial charge in [-0.05, 0) is 49.6 Å². The third-order valence-corrected chi connectivity index (χ3v) is 4.39. The van der Waals surface area contributed by atoms with E-state index in [0.717, 1.165) is 44.0 Å². The molecule has 116 valence electrons. The highest BCUT2D eigenvalue weighted by atomic mass is 19.1. The Labute approximate surface area is 127 Å². The van der Waals surface area contributed by atoms with Gasteiger partial charge in [-0.2, -0.15) is 0 Å². The van der Waals surface area contributed by atoms with Crippen molar-refractivity contribution in [3.63, 3.8) is 0 Å². The standard InChI is InChI=1S/C17H26FN3/c1-2-5-20-6-8-21(9-7-20)17-11-14(10-15(18)12-17)13-19-16-3-4-16/h10-12,16,19H,2-9,13H2,1H3. The maximum absolute atomic E-state index is 13.9. The zero-order valence-corrected chi connectivity index (χ0v) is 12.9. The normalized spacial score (nSPS) is 20.0. The van der Waals surface area contributed by atoms with Crippen LogP contribution in [0.5, 0.6) is 0 Å². The summed E-state index contributed by atoms with van der Waals surface area (Å²) in [5, 5.41) is 3.46. The van der Waals surface area contributed by atoms with Gasteiger partial charge in [0.05, 0.1) is 0 Å². The van der Waals surface area contributed by atoms with Gasteiger partial charge in [-0.25, -0.2) is 4.39 Å². The lowest BCUT2D eigenvalue weighted by molar-refractivity contribution is 0.258. The summed E-state index contributed by atoms with van der Waals surface area (Å²) in [4.78, 5) is 4.81. The fourth-order valence-electron chi connectivity index (χ4n) is 3.01. The lowest BCUT2D eigenvalue weighted by atomic mass is 10.1. The van der Waals surface area contributed by atoms with Crippen LogP contribution in [0, 0.1) is 5.82 Å². The monoisotopic (exact) mass is 291 g/mol. The molecular weight excluding hydrogens is 265 g/mol. The van der Waals surface area contributed by atoms with Gasteiger partial charge in [-0.15, -0.1) is 0 Å². The number of anilines is 1. The smallest absolute Gasteiger partial charge is 0.125 e. The van der Waals surface area contributed by atoms with E-state index in [1.807, 2.05) is 0 Å². The van der Waals surface area contributed by atoms with Crippen LogP contribution in [0.25, 0.3) is 0 Å². The minimum Gasteiger partial charge on any atom is -0.369 e. The van der Waals surface area contributed by atoms with Gasteiger partial charge in [-0.3, -0.25) is 4.90 Å². The van der Waals surface area contributed by atoms with Crippen LogP contribution < -0.4 is 10.2 Å². The van der Waals surface area contributed by atoms with Crippen LogP contribution in [0.2, 0.25) is 0 Å². The summed E-state index contributed by atoms with van der Waals surface area (Å²) in [5.74, 6) is -0.115. The third kappa shape index (κ3) is 4.17. The van der Waals surface area contributed by atoms with Crippen LogP contribution in [-0.4, -0.2) is 43.7 Å². The number of hydrogen-bond acceptors (Lipinski definition) is 3. The Balaban J connectivity index is 1.61. The molecule has 4 heteroatoms. The molecular formula is C17H26FN3. The van der Waals surface area contributed by atoms with Crippen LogP contribution in [-0.2, 0) is 6.54 Å². The van der Waals surface area contributed by atoms with E-state index in [4.69, 9.17) is 0 Å². The summed E-state index contributed by atoms with van der Waals surface area (Å²) in [6.45, 7) is 8.34. The van der Waals surface area contributed by atoms with Crippen molar-refractivity contribution in [3.05, 3.63) is 29.6 Å². The van der Waals surface area contributed by atoms with Gasteiger partial charge in [0, 0.05) is 44.5 Å². The number of benzene rings is 1. The maximum Gasteiger partial charge on any atom is 0.125 e. The molecule has 1 aromatic carbocycles. The van der Waals surface area contributed by atoms with Crippen LogP contribution >= 0.6 is 0 Å². The van der Waals surface area contributed by atoms with Crippen molar-refractivity contribution >= 4 is 5.69 Å². The van der Waals surface area contributed by atoms with Gasteiger partial charge in [0.15, 0.2) is 0 Å². The molecule has 2 fully saturated rings. The largest absolute Gasteiger partial charge is 0.369 e. The van der Waals surface area contributed by atoms with E-state index in [2.05, 4.69) is 28.1 Å². The topological polar surface area (TPSA) is 18.5 Å². The molecule has 1 aliphatic heterocycles. The minimum absolute atomic E-state index is 0.115. The van der Waals surface area contributed by atoms with E-state index >= 15 is 0 Å². The second-order valence-electron chi connectivity index (χ2n) is 6.30. The summed E-state index contributed by atoms with van der Waals surface area (Å²) in [7, 11) is 0. The molecule has 3 rings (SSSR count). The SMILES string of the molecule is CCCN1CCN(c2cc(F)cc(CNC3CC3)c2)CC1. The molecule has 21 heavy (non-hydrogen) atoms. The Kier molecular flexibility index (Phi) is 4.76. The summed E-state index contributed by atoms with van der Waals surface area (Å²) in [6.07, 6.45) is 3.74. The average molecular weight is 291 g/mol. The molecule has 1 saturated carbocycles. The molecule has 2 aliphatic rings. The molecule has 1 saturated heterocycles. The molecule has 0 atom stereocenters. The zero-order valence-electron chi connectivity index (χ0n) is 12.9. The molecule has 1 aliphatic carbocycles. The van der Waals surface area contributed by atoms with Crippen molar-refractivity contribution in [2.75, 3.05) is 37.6 Å². The van der Waals surface area contributed by atoms with Crippen LogP contribution in [0.15, 0.2) is 18.2 Å². The van der Waals surface area contributed by atoms with Crippen molar-refractivity contribution in [2.24, 2.45) is 0 Å². The maximum atomic E-state index is 13.9. The fraction of sp³-hybridized carbons (Fsp3) is 0.647. The lowest BCUT2D eigenvalue weighted by Gasteiger charge is -2.36. The van der Waals surface area contributed by atoms with Crippen molar-refractivity contribution < 1.29 is 4.39 Å². The Morgan fingerprint density at radius 3 is 2.57 bits per heavy atom. The second kappa shape index (κ2) is 6.75. The van der Waals surface area contributed by atoms with Gasteiger partial charge in [0.2, 0.25) is 0 Å². The first kappa shape index (κ1) is 14.8. The number of piperazine rings is 1. The molecule has 0 unspecified atom stereocenters. The Hall–Kier alpha value is -1.13. The molecule has 0 aromatic heterocycles. The molecule has 3 nitrogen and oxygen atoms in total. The summed E-state index contributed by atoms with van der Waals surface area (Å²) in [6, 6.07) is 6.14. The predicted molar refractivity (Wildman–Crippen MR) is 85.2 cm³/mol. The Morgan fingerprint density at radius 1 is 1.14 bits per heavy atom. The van der Waals surface area contributed by atoms with Gasteiger partial charge in [0.25, 0.3) is 0 Å². The Bertz CT molecular complexity index is 465. The predicted octanol–water partition coefficient (Wildman–Crippen LogP) is 2.61. The number of halogens is 1. The van der Waals surface area contributed by atoms with Crippen LogP contribution in [0.3, 0.4) is 0 Å². The first-order valence-corrected chi connectivity index (χ1v) is 8.25. The zero-order chi connectivity index (χ0) is 14.7. The van der Waals surface area contributed by atoms with Gasteiger partial charge in [-0.1, -0.05) is 6.92 Å². The number of nitrogens with zero attached hydrogens (tertiary/aromatic N) is 2. The molecule has 0 radical (unpaired) electrons. The molecule has 0 bridgehead atoms. The summed E-state index contributed by atoms with van der Waals surface area (Å²) < 4.78 is 13.9. The van der Waals surface area contributed by atoms with Gasteiger partial charge >= 0.3 is 0 Å². The van der Waals surface area contributed by atoms with E-state index in [1.165, 1.54) is 25.8 Å². The number of nitrogens with one attached hydrogen (secondary N) is 1. The highest BCUT2D eigenvalue weighted by Gasteiger charge is 2.21. The fourth-order valence-corrected chi connectivity index (χ4v) is 3.01. The average Bonchev–Trinajstić information content (AvgIpc) is 3.30. The van der Waals surface area contributed by atoms with Crippen LogP contribution in [0.4, 0.5) is 10.1 Å². The highest BCUT2D eigenvalue weighted by Crippen LogP contribution is 2.23. The molecule has 0 amide bonds. The van der Waals surface area contributed by atoms with Crippen molar-refractivity contribution in [3.8, 4) is 0 Å². The van der Waals surface area contributed by atoms with Crippen molar-refractivity contribution in [2.45, 2.75) is 38.8 Å². The first-order valence-electron chi connectivity index (χ1n) is 8.25. The minimum atomic E-state index is -0.115. The van der Waals surface area contributed by atoms with E-state index < -0.39 is 0 Å². The Morgan fingerprint density at radius 2 is 1.90 bits per heavy atom. The lowest BCUT2D eigenvalue weighted by Crippen LogP contribution is -2.46. The summed E-state index contributed by atoms with van der Waals surface area (Å²) in [5.41, 5.74) is 2.10. The van der Waals surface area contributed by atoms with Crippen LogP contribution in [0.1, 0.15) is 31.7 Å². The molecule has 1 aromatic rings. The highest BCUT2D eigenvalue weighted by molar-refractivity contribution is 5.49. The van der Waals surface area contributed by atoms with Crippen molar-refractivity contribution in [1.29, 1.82) is 0 Å². The van der Waals surface area contributed by atoms with Crippen molar-refractivity contribution in [1.82, 2.24) is 10.2 Å². The quantitative estimate of drug-likeness (QED) is 0.869. The number of rotatable bonds is 6. The van der Waals surface area contributed by atoms with E-state index in [1.54, 1.807) is 12.1 Å². The van der Waals surface area contributed by atoms with E-state index in [9.17, 15) is 4.39 Å². The second-order valence-corrected chi connectivity index (χ2v) is 6.30. The number of hydrogen-bond donors (Lipinski definition) is 1. The van der Waals surface area contributed by atoms with Gasteiger partial charge < -0.3 is 10.2 Å². The van der Waals surface area contributed by atoms with E-state index in [-0.39, 0.29) is 5.82 Å². The molecule has 1 N–H and O–H groups in total. The van der Waals surface area contributed by atoms with E-state index in [0.29, 0.717) is 6.04 Å². The molecule has 0 spiro atoms. The summed E-state index contributed by atoms with van der Waals surface area (Å²) >= 11 is 0. The molecule has 1 heterocycles. The third-order valence-electron chi connectivity index (χ3n) is 4.39.